The maximum Gasteiger partial charge on any atom is 0.327 e. The second-order valence-electron chi connectivity index (χ2n) is 6.35. The summed E-state index contributed by atoms with van der Waals surface area (Å²) in [4.78, 5) is 25.4. The summed E-state index contributed by atoms with van der Waals surface area (Å²) in [6, 6.07) is -0.721. The van der Waals surface area contributed by atoms with E-state index in [0.717, 1.165) is 25.2 Å². The van der Waals surface area contributed by atoms with E-state index in [4.69, 9.17) is 0 Å². The number of rotatable bonds is 5. The van der Waals surface area contributed by atoms with Crippen molar-refractivity contribution in [1.82, 2.24) is 10.2 Å². The summed E-state index contributed by atoms with van der Waals surface area (Å²) in [6.07, 6.45) is 5.78. The van der Waals surface area contributed by atoms with Crippen molar-refractivity contribution in [1.29, 1.82) is 0 Å². The molecular weight excluding hydrogens is 276 g/mol. The molecule has 0 aromatic heterocycles. The first-order valence-corrected chi connectivity index (χ1v) is 8.54. The number of carbonyl (C=O) groups is 2. The lowest BCUT2D eigenvalue weighted by Crippen LogP contribution is -2.52. The van der Waals surface area contributed by atoms with Crippen LogP contribution in [0, 0.1) is 11.8 Å². The molecular formula is C14H22N2O3S. The van der Waals surface area contributed by atoms with Crippen LogP contribution in [0.2, 0.25) is 0 Å². The Morgan fingerprint density at radius 1 is 1.35 bits per heavy atom. The van der Waals surface area contributed by atoms with E-state index in [-0.39, 0.29) is 17.4 Å². The summed E-state index contributed by atoms with van der Waals surface area (Å²) in [7, 11) is 0. The predicted molar refractivity (Wildman–Crippen MR) is 77.6 cm³/mol. The Kier molecular flexibility index (Phi) is 3.84. The number of carbonyl (C=O) groups excluding carboxylic acids is 1. The number of hydrogen-bond donors (Lipinski definition) is 2. The quantitative estimate of drug-likeness (QED) is 0.815. The molecule has 3 atom stereocenters. The van der Waals surface area contributed by atoms with Gasteiger partial charge in [0.25, 0.3) is 0 Å². The van der Waals surface area contributed by atoms with E-state index in [1.807, 2.05) is 6.92 Å². The molecule has 0 bridgehead atoms. The zero-order chi connectivity index (χ0) is 14.3. The Labute approximate surface area is 123 Å². The smallest absolute Gasteiger partial charge is 0.327 e. The standard InChI is InChI=1S/C14H22N2O3S/c1-8(6-9-2-3-9)15-14(19)16-11(13(17)18)7-20-12(16)10-4-5-10/h8-12H,2-7H2,1H3,(H,15,19)(H,17,18). The fourth-order valence-corrected chi connectivity index (χ4v) is 4.55. The van der Waals surface area contributed by atoms with E-state index >= 15 is 0 Å². The van der Waals surface area contributed by atoms with Crippen LogP contribution in [0.15, 0.2) is 0 Å². The van der Waals surface area contributed by atoms with Crippen molar-refractivity contribution in [2.45, 2.75) is 56.5 Å². The van der Waals surface area contributed by atoms with Crippen molar-refractivity contribution < 1.29 is 14.7 Å². The van der Waals surface area contributed by atoms with Gasteiger partial charge in [0.2, 0.25) is 0 Å². The van der Waals surface area contributed by atoms with E-state index in [9.17, 15) is 14.7 Å². The van der Waals surface area contributed by atoms with Gasteiger partial charge >= 0.3 is 12.0 Å². The maximum absolute atomic E-state index is 12.5. The Balaban J connectivity index is 1.63. The predicted octanol–water partition coefficient (Wildman–Crippen LogP) is 2.12. The van der Waals surface area contributed by atoms with Gasteiger partial charge in [-0.3, -0.25) is 4.90 Å². The number of thioether (sulfide) groups is 1. The fraction of sp³-hybridized carbons (Fsp3) is 0.857. The number of carboxylic acids is 1. The van der Waals surface area contributed by atoms with Crippen LogP contribution in [0.5, 0.6) is 0 Å². The van der Waals surface area contributed by atoms with Crippen molar-refractivity contribution in [2.24, 2.45) is 11.8 Å². The van der Waals surface area contributed by atoms with Gasteiger partial charge in [-0.05, 0) is 38.0 Å². The minimum Gasteiger partial charge on any atom is -0.480 e. The minimum atomic E-state index is -0.884. The number of urea groups is 1. The van der Waals surface area contributed by atoms with E-state index < -0.39 is 12.0 Å². The third-order valence-electron chi connectivity index (χ3n) is 4.33. The molecule has 3 aliphatic rings. The molecule has 1 heterocycles. The van der Waals surface area contributed by atoms with Crippen LogP contribution in [0.25, 0.3) is 0 Å². The molecule has 1 aliphatic heterocycles. The number of nitrogens with one attached hydrogen (secondary N) is 1. The normalized spacial score (nSPS) is 31.1. The molecule has 0 aromatic rings. The topological polar surface area (TPSA) is 69.6 Å². The molecule has 112 valence electrons. The van der Waals surface area contributed by atoms with E-state index in [2.05, 4.69) is 5.32 Å². The van der Waals surface area contributed by atoms with Crippen LogP contribution >= 0.6 is 11.8 Å². The highest BCUT2D eigenvalue weighted by Crippen LogP contribution is 2.45. The molecule has 6 heteroatoms. The van der Waals surface area contributed by atoms with Gasteiger partial charge in [-0.25, -0.2) is 9.59 Å². The molecule has 0 aromatic carbocycles. The lowest BCUT2D eigenvalue weighted by molar-refractivity contribution is -0.141. The third kappa shape index (κ3) is 3.05. The van der Waals surface area contributed by atoms with E-state index in [1.54, 1.807) is 16.7 Å². The molecule has 3 rings (SSSR count). The minimum absolute atomic E-state index is 0.0595. The Morgan fingerprint density at radius 3 is 2.60 bits per heavy atom. The van der Waals surface area contributed by atoms with Crippen molar-refractivity contribution in [3.05, 3.63) is 0 Å². The number of nitrogens with zero attached hydrogens (tertiary/aromatic N) is 1. The molecule has 2 amide bonds. The van der Waals surface area contributed by atoms with Crippen molar-refractivity contribution in [3.8, 4) is 0 Å². The molecule has 1 saturated heterocycles. The summed E-state index contributed by atoms with van der Waals surface area (Å²) in [5.74, 6) is 0.883. The van der Waals surface area contributed by atoms with Gasteiger partial charge in [-0.1, -0.05) is 12.8 Å². The first kappa shape index (κ1) is 14.0. The average molecular weight is 298 g/mol. The van der Waals surface area contributed by atoms with E-state index in [0.29, 0.717) is 11.7 Å². The molecule has 2 aliphatic carbocycles. The molecule has 2 saturated carbocycles. The number of carboxylic acid groups (broad SMARTS) is 1. The monoisotopic (exact) mass is 298 g/mol. The van der Waals surface area contributed by atoms with Crippen LogP contribution in [0.1, 0.15) is 39.0 Å². The summed E-state index contributed by atoms with van der Waals surface area (Å²) in [5.41, 5.74) is 0. The second-order valence-corrected chi connectivity index (χ2v) is 7.50. The average Bonchev–Trinajstić information content (AvgIpc) is 3.29. The van der Waals surface area contributed by atoms with Gasteiger partial charge in [-0.2, -0.15) is 0 Å². The first-order chi connectivity index (χ1) is 9.56. The van der Waals surface area contributed by atoms with Crippen molar-refractivity contribution >= 4 is 23.8 Å². The first-order valence-electron chi connectivity index (χ1n) is 7.49. The second kappa shape index (κ2) is 5.47. The SMILES string of the molecule is CC(CC1CC1)NC(=O)N1C(C(=O)O)CSC1C1CC1. The maximum atomic E-state index is 12.5. The largest absolute Gasteiger partial charge is 0.480 e. The van der Waals surface area contributed by atoms with Crippen LogP contribution < -0.4 is 5.32 Å². The van der Waals surface area contributed by atoms with Gasteiger partial charge in [0, 0.05) is 11.8 Å². The Bertz CT molecular complexity index is 409. The number of amides is 2. The van der Waals surface area contributed by atoms with Gasteiger partial charge in [-0.15, -0.1) is 11.8 Å². The van der Waals surface area contributed by atoms with Gasteiger partial charge in [0.1, 0.15) is 6.04 Å². The molecule has 3 fully saturated rings. The summed E-state index contributed by atoms with van der Waals surface area (Å²) >= 11 is 1.62. The Morgan fingerprint density at radius 2 is 2.05 bits per heavy atom. The summed E-state index contributed by atoms with van der Waals surface area (Å²) in [5, 5.41) is 12.4. The zero-order valence-electron chi connectivity index (χ0n) is 11.7. The molecule has 0 radical (unpaired) electrons. The summed E-state index contributed by atoms with van der Waals surface area (Å²) < 4.78 is 0. The number of hydrogen-bond acceptors (Lipinski definition) is 3. The molecule has 2 N–H and O–H groups in total. The summed E-state index contributed by atoms with van der Waals surface area (Å²) in [6.45, 7) is 2.02. The van der Waals surface area contributed by atoms with Crippen LogP contribution in [0.4, 0.5) is 4.79 Å². The zero-order valence-corrected chi connectivity index (χ0v) is 12.6. The molecule has 3 unspecified atom stereocenters. The lowest BCUT2D eigenvalue weighted by atomic mass is 10.1. The van der Waals surface area contributed by atoms with Gasteiger partial charge in [0.15, 0.2) is 0 Å². The lowest BCUT2D eigenvalue weighted by Gasteiger charge is -2.29. The highest BCUT2D eigenvalue weighted by Gasteiger charge is 2.48. The molecule has 0 spiro atoms. The van der Waals surface area contributed by atoms with Crippen molar-refractivity contribution in [2.75, 3.05) is 5.75 Å². The fourth-order valence-electron chi connectivity index (χ4n) is 2.92. The van der Waals surface area contributed by atoms with E-state index in [1.165, 1.54) is 12.8 Å². The highest BCUT2D eigenvalue weighted by molar-refractivity contribution is 8.00. The van der Waals surface area contributed by atoms with Crippen LogP contribution in [-0.2, 0) is 4.79 Å². The molecule has 5 nitrogen and oxygen atoms in total. The van der Waals surface area contributed by atoms with Crippen LogP contribution in [0.3, 0.4) is 0 Å². The van der Waals surface area contributed by atoms with Crippen LogP contribution in [-0.4, -0.2) is 45.2 Å². The third-order valence-corrected chi connectivity index (χ3v) is 5.80. The highest BCUT2D eigenvalue weighted by atomic mass is 32.2. The molecule has 20 heavy (non-hydrogen) atoms. The number of aliphatic carboxylic acids is 1. The Hall–Kier alpha value is -0.910. The van der Waals surface area contributed by atoms with Crippen molar-refractivity contribution in [3.63, 3.8) is 0 Å². The van der Waals surface area contributed by atoms with Gasteiger partial charge in [0.05, 0.1) is 5.37 Å². The van der Waals surface area contributed by atoms with Gasteiger partial charge < -0.3 is 10.4 Å².